The summed E-state index contributed by atoms with van der Waals surface area (Å²) < 4.78 is 5.66. The Morgan fingerprint density at radius 1 is 1.19 bits per heavy atom. The molecule has 1 amide bonds. The predicted molar refractivity (Wildman–Crippen MR) is 103 cm³/mol. The Labute approximate surface area is 155 Å². The van der Waals surface area contributed by atoms with Gasteiger partial charge in [0, 0.05) is 17.0 Å². The highest BCUT2D eigenvalue weighted by Gasteiger charge is 2.53. The molecule has 1 aromatic carbocycles. The number of furan rings is 1. The Bertz CT molecular complexity index is 814. The smallest absolute Gasteiger partial charge is 0.224 e. The second-order valence-electron chi connectivity index (χ2n) is 9.51. The number of hydrogen-bond donors (Lipinski definition) is 1. The summed E-state index contributed by atoms with van der Waals surface area (Å²) in [5.41, 5.74) is 3.41. The maximum atomic E-state index is 12.8. The molecule has 1 aromatic heterocycles. The third-order valence-corrected chi connectivity index (χ3v) is 7.54. The molecule has 1 atom stereocenters. The summed E-state index contributed by atoms with van der Waals surface area (Å²) in [7, 11) is 0. The molecule has 4 bridgehead atoms. The Morgan fingerprint density at radius 2 is 1.85 bits per heavy atom. The minimum atomic E-state index is 0.136. The van der Waals surface area contributed by atoms with E-state index in [1.54, 1.807) is 6.26 Å². The van der Waals surface area contributed by atoms with Gasteiger partial charge < -0.3 is 9.73 Å². The number of hydrogen-bond acceptors (Lipinski definition) is 2. The molecular weight excluding hydrogens is 322 g/mol. The third-order valence-electron chi connectivity index (χ3n) is 7.54. The van der Waals surface area contributed by atoms with Crippen LogP contribution in [-0.2, 0) is 11.2 Å². The Hall–Kier alpha value is -1.77. The zero-order valence-corrected chi connectivity index (χ0v) is 15.9. The summed E-state index contributed by atoms with van der Waals surface area (Å²) in [5.74, 6) is 2.89. The van der Waals surface area contributed by atoms with E-state index in [4.69, 9.17) is 4.42 Å². The number of carbonyl (C=O) groups is 1. The van der Waals surface area contributed by atoms with Crippen molar-refractivity contribution in [2.45, 2.75) is 64.8 Å². The van der Waals surface area contributed by atoms with Gasteiger partial charge in [-0.1, -0.05) is 12.1 Å². The summed E-state index contributed by atoms with van der Waals surface area (Å²) >= 11 is 0. The van der Waals surface area contributed by atoms with Crippen LogP contribution in [0.4, 0.5) is 0 Å². The van der Waals surface area contributed by atoms with Crippen LogP contribution < -0.4 is 5.32 Å². The van der Waals surface area contributed by atoms with Crippen LogP contribution in [0.5, 0.6) is 0 Å². The second kappa shape index (κ2) is 5.87. The molecule has 1 unspecified atom stereocenters. The monoisotopic (exact) mass is 351 g/mol. The van der Waals surface area contributed by atoms with Crippen molar-refractivity contribution in [3.63, 3.8) is 0 Å². The number of aryl methyl sites for hydroxylation is 1. The molecule has 2 aromatic rings. The van der Waals surface area contributed by atoms with Crippen LogP contribution in [0.3, 0.4) is 0 Å². The summed E-state index contributed by atoms with van der Waals surface area (Å²) in [5, 5.41) is 4.43. The van der Waals surface area contributed by atoms with Gasteiger partial charge in [0.25, 0.3) is 0 Å². The molecule has 4 aliphatic carbocycles. The minimum absolute atomic E-state index is 0.136. The van der Waals surface area contributed by atoms with Crippen LogP contribution in [0, 0.1) is 30.1 Å². The number of benzene rings is 1. The van der Waals surface area contributed by atoms with E-state index >= 15 is 0 Å². The molecule has 1 heterocycles. The van der Waals surface area contributed by atoms with Gasteiger partial charge >= 0.3 is 0 Å². The Balaban J connectivity index is 1.29. The standard InChI is InChI=1S/C23H29NO2/c1-14-3-4-20-19(13-26-21(20)5-14)9-22(25)24-15(2)23-10-16-6-17(11-23)8-18(7-16)12-23/h3-5,13,15-18H,6-12H2,1-2H3,(H,24,25). The number of rotatable bonds is 4. The van der Waals surface area contributed by atoms with E-state index in [1.165, 1.54) is 44.1 Å². The van der Waals surface area contributed by atoms with Crippen LogP contribution in [-0.4, -0.2) is 11.9 Å². The normalized spacial score (nSPS) is 33.5. The highest BCUT2D eigenvalue weighted by atomic mass is 16.3. The van der Waals surface area contributed by atoms with Gasteiger partial charge in [-0.25, -0.2) is 0 Å². The molecule has 3 nitrogen and oxygen atoms in total. The number of nitrogens with one attached hydrogen (secondary N) is 1. The SMILES string of the molecule is Cc1ccc2c(CC(=O)NC(C)C34CC5CC(CC(C5)C3)C4)coc2c1. The highest BCUT2D eigenvalue weighted by molar-refractivity contribution is 5.88. The molecule has 0 spiro atoms. The van der Waals surface area contributed by atoms with E-state index in [2.05, 4.69) is 31.3 Å². The van der Waals surface area contributed by atoms with E-state index < -0.39 is 0 Å². The van der Waals surface area contributed by atoms with Crippen molar-refractivity contribution in [1.29, 1.82) is 0 Å². The Morgan fingerprint density at radius 3 is 2.50 bits per heavy atom. The molecule has 4 saturated carbocycles. The van der Waals surface area contributed by atoms with Gasteiger partial charge in [-0.15, -0.1) is 0 Å². The minimum Gasteiger partial charge on any atom is -0.464 e. The van der Waals surface area contributed by atoms with E-state index in [-0.39, 0.29) is 11.9 Å². The summed E-state index contributed by atoms with van der Waals surface area (Å²) in [6.45, 7) is 4.31. The molecule has 0 aliphatic heterocycles. The lowest BCUT2D eigenvalue weighted by atomic mass is 9.48. The number of amides is 1. The first-order chi connectivity index (χ1) is 12.5. The fraction of sp³-hybridized carbons (Fsp3) is 0.609. The van der Waals surface area contributed by atoms with Crippen molar-refractivity contribution in [2.75, 3.05) is 0 Å². The first-order valence-corrected chi connectivity index (χ1v) is 10.3. The van der Waals surface area contributed by atoms with Gasteiger partial charge in [0.1, 0.15) is 5.58 Å². The lowest BCUT2D eigenvalue weighted by Gasteiger charge is -2.59. The van der Waals surface area contributed by atoms with Gasteiger partial charge in [0.05, 0.1) is 12.7 Å². The largest absolute Gasteiger partial charge is 0.464 e. The third kappa shape index (κ3) is 2.67. The Kier molecular flexibility index (Phi) is 3.70. The van der Waals surface area contributed by atoms with Crippen LogP contribution in [0.2, 0.25) is 0 Å². The van der Waals surface area contributed by atoms with E-state index in [1.807, 2.05) is 6.07 Å². The summed E-state index contributed by atoms with van der Waals surface area (Å²) in [6.07, 6.45) is 10.5. The number of fused-ring (bicyclic) bond motifs is 1. The number of carbonyl (C=O) groups excluding carboxylic acids is 1. The predicted octanol–water partition coefficient (Wildman–Crippen LogP) is 5.00. The molecule has 3 heteroatoms. The van der Waals surface area contributed by atoms with Crippen LogP contribution in [0.1, 0.15) is 56.6 Å². The average molecular weight is 351 g/mol. The fourth-order valence-electron chi connectivity index (χ4n) is 6.65. The molecule has 4 fully saturated rings. The van der Waals surface area contributed by atoms with Crippen LogP contribution in [0.25, 0.3) is 11.0 Å². The van der Waals surface area contributed by atoms with Crippen molar-refractivity contribution in [1.82, 2.24) is 5.32 Å². The maximum absolute atomic E-state index is 12.8. The first-order valence-electron chi connectivity index (χ1n) is 10.3. The maximum Gasteiger partial charge on any atom is 0.224 e. The van der Waals surface area contributed by atoms with Gasteiger partial charge in [0.2, 0.25) is 5.91 Å². The van der Waals surface area contributed by atoms with Crippen molar-refractivity contribution in [3.05, 3.63) is 35.6 Å². The summed E-state index contributed by atoms with van der Waals surface area (Å²) in [4.78, 5) is 12.8. The van der Waals surface area contributed by atoms with Crippen molar-refractivity contribution < 1.29 is 9.21 Å². The van der Waals surface area contributed by atoms with Gasteiger partial charge in [-0.3, -0.25) is 4.79 Å². The fourth-order valence-corrected chi connectivity index (χ4v) is 6.65. The van der Waals surface area contributed by atoms with E-state index in [0.717, 1.165) is 34.3 Å². The molecule has 26 heavy (non-hydrogen) atoms. The molecular formula is C23H29NO2. The van der Waals surface area contributed by atoms with Gasteiger partial charge in [-0.2, -0.15) is 0 Å². The first kappa shape index (κ1) is 16.4. The molecule has 0 radical (unpaired) electrons. The van der Waals surface area contributed by atoms with Crippen LogP contribution >= 0.6 is 0 Å². The van der Waals surface area contributed by atoms with Crippen LogP contribution in [0.15, 0.2) is 28.9 Å². The molecule has 1 N–H and O–H groups in total. The van der Waals surface area contributed by atoms with Crippen molar-refractivity contribution in [2.24, 2.45) is 23.2 Å². The van der Waals surface area contributed by atoms with Gasteiger partial charge in [-0.05, 0) is 87.2 Å². The van der Waals surface area contributed by atoms with Crippen molar-refractivity contribution in [3.8, 4) is 0 Å². The molecule has 4 aliphatic rings. The highest BCUT2D eigenvalue weighted by Crippen LogP contribution is 2.61. The zero-order valence-electron chi connectivity index (χ0n) is 15.9. The average Bonchev–Trinajstić information content (AvgIpc) is 2.95. The second-order valence-corrected chi connectivity index (χ2v) is 9.51. The topological polar surface area (TPSA) is 42.2 Å². The lowest BCUT2D eigenvalue weighted by molar-refractivity contribution is -0.125. The van der Waals surface area contributed by atoms with E-state index in [0.29, 0.717) is 11.8 Å². The molecule has 0 saturated heterocycles. The molecule has 138 valence electrons. The quantitative estimate of drug-likeness (QED) is 0.842. The van der Waals surface area contributed by atoms with Crippen molar-refractivity contribution >= 4 is 16.9 Å². The van der Waals surface area contributed by atoms with E-state index in [9.17, 15) is 4.79 Å². The zero-order chi connectivity index (χ0) is 17.9. The summed E-state index contributed by atoms with van der Waals surface area (Å²) in [6, 6.07) is 6.47. The van der Waals surface area contributed by atoms with Gasteiger partial charge in [0.15, 0.2) is 0 Å². The molecule has 6 rings (SSSR count). The lowest BCUT2D eigenvalue weighted by Crippen LogP contribution is -2.56.